The predicted molar refractivity (Wildman–Crippen MR) is 102 cm³/mol. The quantitative estimate of drug-likeness (QED) is 0.646. The van der Waals surface area contributed by atoms with Crippen LogP contribution in [0.1, 0.15) is 34.8 Å². The van der Waals surface area contributed by atoms with Gasteiger partial charge < -0.3 is 15.0 Å². The molecule has 1 amide bonds. The van der Waals surface area contributed by atoms with E-state index in [1.807, 2.05) is 42.5 Å². The first-order chi connectivity index (χ1) is 12.2. The molecule has 1 saturated carbocycles. The van der Waals surface area contributed by atoms with Crippen LogP contribution in [0.25, 0.3) is 10.9 Å². The van der Waals surface area contributed by atoms with E-state index >= 15 is 0 Å². The van der Waals surface area contributed by atoms with Gasteiger partial charge in [-0.2, -0.15) is 0 Å². The molecule has 2 N–H and O–H groups in total. The number of fused-ring (bicyclic) bond motifs is 1. The van der Waals surface area contributed by atoms with Crippen LogP contribution in [0.3, 0.4) is 0 Å². The van der Waals surface area contributed by atoms with E-state index in [4.69, 9.17) is 4.74 Å². The number of carbonyl (C=O) groups is 1. The number of rotatable bonds is 5. The lowest BCUT2D eigenvalue weighted by Crippen LogP contribution is -2.29. The van der Waals surface area contributed by atoms with E-state index < -0.39 is 0 Å². The third-order valence-corrected chi connectivity index (χ3v) is 5.24. The van der Waals surface area contributed by atoms with Crippen LogP contribution in [-0.2, 0) is 0 Å². The summed E-state index contributed by atoms with van der Waals surface area (Å²) in [5, 5.41) is 4.16. The third-order valence-electron chi connectivity index (χ3n) is 4.74. The summed E-state index contributed by atoms with van der Waals surface area (Å²) < 4.78 is 6.19. The van der Waals surface area contributed by atoms with Crippen molar-refractivity contribution in [3.8, 4) is 5.75 Å². The van der Waals surface area contributed by atoms with Crippen molar-refractivity contribution in [2.45, 2.75) is 18.9 Å². The summed E-state index contributed by atoms with van der Waals surface area (Å²) in [7, 11) is 1.66. The molecule has 5 heteroatoms. The van der Waals surface area contributed by atoms with Gasteiger partial charge in [-0.1, -0.05) is 28.1 Å². The topological polar surface area (TPSA) is 54.1 Å². The largest absolute Gasteiger partial charge is 0.497 e. The summed E-state index contributed by atoms with van der Waals surface area (Å²) >= 11 is 3.48. The second-order valence-electron chi connectivity index (χ2n) is 6.45. The number of hydrogen-bond donors (Lipinski definition) is 2. The van der Waals surface area contributed by atoms with Gasteiger partial charge in [0.1, 0.15) is 5.75 Å². The summed E-state index contributed by atoms with van der Waals surface area (Å²) in [5.41, 5.74) is 2.76. The maximum absolute atomic E-state index is 12.9. The molecule has 1 atom stereocenters. The Morgan fingerprint density at radius 1 is 1.24 bits per heavy atom. The zero-order chi connectivity index (χ0) is 17.4. The average Bonchev–Trinajstić information content (AvgIpc) is 3.39. The molecular formula is C20H19BrN2O2. The van der Waals surface area contributed by atoms with Gasteiger partial charge in [0.05, 0.1) is 18.7 Å². The fourth-order valence-corrected chi connectivity index (χ4v) is 3.57. The van der Waals surface area contributed by atoms with Crippen LogP contribution in [0, 0.1) is 5.92 Å². The van der Waals surface area contributed by atoms with E-state index in [1.54, 1.807) is 13.3 Å². The first kappa shape index (κ1) is 16.2. The number of amides is 1. The van der Waals surface area contributed by atoms with Crippen LogP contribution in [0.2, 0.25) is 0 Å². The Morgan fingerprint density at radius 3 is 2.68 bits per heavy atom. The molecule has 4 rings (SSSR count). The predicted octanol–water partition coefficient (Wildman–Crippen LogP) is 4.82. The first-order valence-electron chi connectivity index (χ1n) is 8.37. The molecule has 4 nitrogen and oxygen atoms in total. The van der Waals surface area contributed by atoms with Crippen LogP contribution < -0.4 is 10.1 Å². The fraction of sp³-hybridized carbons (Fsp3) is 0.250. The molecule has 2 aromatic carbocycles. The van der Waals surface area contributed by atoms with E-state index in [2.05, 4.69) is 26.2 Å². The lowest BCUT2D eigenvalue weighted by molar-refractivity contribution is 0.0933. The molecule has 3 aromatic rings. The smallest absolute Gasteiger partial charge is 0.253 e. The summed E-state index contributed by atoms with van der Waals surface area (Å²) in [4.78, 5) is 16.1. The van der Waals surface area contributed by atoms with Crippen molar-refractivity contribution in [1.29, 1.82) is 0 Å². The maximum Gasteiger partial charge on any atom is 0.253 e. The van der Waals surface area contributed by atoms with Crippen LogP contribution in [0.5, 0.6) is 5.75 Å². The summed E-state index contributed by atoms with van der Waals surface area (Å²) in [6.07, 6.45) is 4.08. The number of aromatic nitrogens is 1. The molecule has 0 unspecified atom stereocenters. The lowest BCUT2D eigenvalue weighted by atomic mass is 10.0. The number of halogens is 1. The molecule has 25 heavy (non-hydrogen) atoms. The third kappa shape index (κ3) is 3.29. The number of ether oxygens (including phenoxy) is 1. The lowest BCUT2D eigenvalue weighted by Gasteiger charge is -2.19. The molecular weight excluding hydrogens is 380 g/mol. The highest BCUT2D eigenvalue weighted by Gasteiger charge is 2.34. The van der Waals surface area contributed by atoms with Gasteiger partial charge in [0.25, 0.3) is 5.91 Å². The van der Waals surface area contributed by atoms with Gasteiger partial charge in [-0.15, -0.1) is 0 Å². The Labute approximate surface area is 154 Å². The SMILES string of the molecule is COc1ccc([C@@H](NC(=O)c2c[nH]c3ccc(Br)cc23)C2CC2)cc1. The number of hydrogen-bond acceptors (Lipinski definition) is 2. The first-order valence-corrected chi connectivity index (χ1v) is 9.16. The van der Waals surface area contributed by atoms with Gasteiger partial charge in [-0.25, -0.2) is 0 Å². The number of methoxy groups -OCH3 is 1. The number of aromatic amines is 1. The van der Waals surface area contributed by atoms with Gasteiger partial charge in [0.15, 0.2) is 0 Å². The molecule has 128 valence electrons. The number of carbonyl (C=O) groups excluding carboxylic acids is 1. The molecule has 1 aromatic heterocycles. The van der Waals surface area contributed by atoms with Gasteiger partial charge in [-0.3, -0.25) is 4.79 Å². The van der Waals surface area contributed by atoms with Gasteiger partial charge >= 0.3 is 0 Å². The Morgan fingerprint density at radius 2 is 2.00 bits per heavy atom. The van der Waals surface area contributed by atoms with Crippen molar-refractivity contribution in [3.05, 3.63) is 64.3 Å². The zero-order valence-electron chi connectivity index (χ0n) is 13.9. The van der Waals surface area contributed by atoms with Crippen molar-refractivity contribution < 1.29 is 9.53 Å². The van der Waals surface area contributed by atoms with Gasteiger partial charge in [0, 0.05) is 21.6 Å². The molecule has 1 fully saturated rings. The molecule has 0 aliphatic heterocycles. The van der Waals surface area contributed by atoms with E-state index in [0.29, 0.717) is 11.5 Å². The van der Waals surface area contributed by atoms with Crippen LogP contribution in [0.15, 0.2) is 53.1 Å². The van der Waals surface area contributed by atoms with Crippen molar-refractivity contribution in [1.82, 2.24) is 10.3 Å². The monoisotopic (exact) mass is 398 g/mol. The Hall–Kier alpha value is -2.27. The highest BCUT2D eigenvalue weighted by Crippen LogP contribution is 2.41. The van der Waals surface area contributed by atoms with Crippen molar-refractivity contribution in [3.63, 3.8) is 0 Å². The van der Waals surface area contributed by atoms with E-state index in [0.717, 1.165) is 39.5 Å². The molecule has 1 aliphatic rings. The maximum atomic E-state index is 12.9. The average molecular weight is 399 g/mol. The molecule has 1 aliphatic carbocycles. The molecule has 0 spiro atoms. The minimum Gasteiger partial charge on any atom is -0.497 e. The van der Waals surface area contributed by atoms with E-state index in [-0.39, 0.29) is 11.9 Å². The number of benzene rings is 2. The van der Waals surface area contributed by atoms with Crippen molar-refractivity contribution in [2.24, 2.45) is 5.92 Å². The highest BCUT2D eigenvalue weighted by molar-refractivity contribution is 9.10. The molecule has 0 saturated heterocycles. The van der Waals surface area contributed by atoms with Crippen LogP contribution in [0.4, 0.5) is 0 Å². The molecule has 0 radical (unpaired) electrons. The van der Waals surface area contributed by atoms with E-state index in [1.165, 1.54) is 0 Å². The van der Waals surface area contributed by atoms with Crippen LogP contribution >= 0.6 is 15.9 Å². The standard InChI is InChI=1S/C20H19BrN2O2/c1-25-15-7-4-13(5-8-15)19(12-2-3-12)23-20(24)17-11-22-18-9-6-14(21)10-16(17)18/h4-12,19,22H,2-3H2,1H3,(H,23,24)/t19-/m0/s1. The normalized spacial score (nSPS) is 15.1. The summed E-state index contributed by atoms with van der Waals surface area (Å²) in [6, 6.07) is 13.9. The van der Waals surface area contributed by atoms with Crippen LogP contribution in [-0.4, -0.2) is 18.0 Å². The Kier molecular flexibility index (Phi) is 4.25. The van der Waals surface area contributed by atoms with Crippen molar-refractivity contribution >= 4 is 32.7 Å². The fourth-order valence-electron chi connectivity index (χ4n) is 3.21. The van der Waals surface area contributed by atoms with E-state index in [9.17, 15) is 4.79 Å². The van der Waals surface area contributed by atoms with Gasteiger partial charge in [-0.05, 0) is 54.7 Å². The number of H-pyrrole nitrogens is 1. The summed E-state index contributed by atoms with van der Waals surface area (Å²) in [6.45, 7) is 0. The second-order valence-corrected chi connectivity index (χ2v) is 7.37. The Bertz CT molecular complexity index is 913. The van der Waals surface area contributed by atoms with Gasteiger partial charge in [0.2, 0.25) is 0 Å². The highest BCUT2D eigenvalue weighted by atomic mass is 79.9. The summed E-state index contributed by atoms with van der Waals surface area (Å²) in [5.74, 6) is 1.29. The minimum atomic E-state index is -0.0444. The second kappa shape index (κ2) is 6.56. The number of nitrogens with one attached hydrogen (secondary N) is 2. The molecule has 0 bridgehead atoms. The Balaban J connectivity index is 1.61. The molecule has 1 heterocycles. The minimum absolute atomic E-state index is 0.0375. The zero-order valence-corrected chi connectivity index (χ0v) is 15.5. The van der Waals surface area contributed by atoms with Crippen molar-refractivity contribution in [2.75, 3.05) is 7.11 Å².